The summed E-state index contributed by atoms with van der Waals surface area (Å²) in [6.07, 6.45) is 1.72. The molecule has 0 spiro atoms. The first-order valence-electron chi connectivity index (χ1n) is 7.56. The second-order valence-electron chi connectivity index (χ2n) is 4.31. The maximum Gasteiger partial charge on any atom is 0.365 e. The number of benzene rings is 1. The van der Waals surface area contributed by atoms with Crippen LogP contribution in [0, 0.1) is 15.9 Å². The summed E-state index contributed by atoms with van der Waals surface area (Å²) >= 11 is 0. The van der Waals surface area contributed by atoms with E-state index < -0.39 is 22.1 Å². The molecule has 0 bridgehead atoms. The molecule has 0 atom stereocenters. The fraction of sp³-hybridized carbons (Fsp3) is 0.500. The third-order valence-electron chi connectivity index (χ3n) is 3.01. The van der Waals surface area contributed by atoms with Crippen molar-refractivity contribution < 1.29 is 9.31 Å². The van der Waals surface area contributed by atoms with Crippen LogP contribution in [-0.4, -0.2) is 25.1 Å². The SMILES string of the molecule is CC.CC.O=c1[nH]nnn1-c1cc([N+](=O)[O-])c(F)cc1C1CC1. The molecule has 1 aromatic heterocycles. The Morgan fingerprint density at radius 1 is 1.30 bits per heavy atom. The minimum atomic E-state index is -0.910. The maximum atomic E-state index is 13.6. The number of hydrogen-bond donors (Lipinski definition) is 1. The highest BCUT2D eigenvalue weighted by molar-refractivity contribution is 5.52. The van der Waals surface area contributed by atoms with E-state index >= 15 is 0 Å². The molecular weight excluding hydrogens is 305 g/mol. The molecule has 3 rings (SSSR count). The Hall–Kier alpha value is -2.58. The van der Waals surface area contributed by atoms with E-state index in [1.165, 1.54) is 0 Å². The van der Waals surface area contributed by atoms with Gasteiger partial charge in [0.05, 0.1) is 10.6 Å². The van der Waals surface area contributed by atoms with Gasteiger partial charge in [-0.3, -0.25) is 10.1 Å². The van der Waals surface area contributed by atoms with Crippen molar-refractivity contribution >= 4 is 5.69 Å². The number of rotatable bonds is 3. The lowest BCUT2D eigenvalue weighted by atomic mass is 10.1. The molecular formula is C14H20FN5O3. The topological polar surface area (TPSA) is 107 Å². The molecule has 1 aliphatic carbocycles. The number of aromatic amines is 1. The fourth-order valence-electron chi connectivity index (χ4n) is 1.97. The Labute approximate surface area is 132 Å². The molecule has 1 aromatic carbocycles. The molecule has 0 amide bonds. The number of nitrogens with zero attached hydrogens (tertiary/aromatic N) is 4. The van der Waals surface area contributed by atoms with E-state index in [4.69, 9.17) is 0 Å². The van der Waals surface area contributed by atoms with E-state index in [2.05, 4.69) is 15.5 Å². The van der Waals surface area contributed by atoms with E-state index in [1.807, 2.05) is 27.7 Å². The second kappa shape index (κ2) is 8.16. The number of hydrogen-bond acceptors (Lipinski definition) is 5. The first-order chi connectivity index (χ1) is 11.1. The van der Waals surface area contributed by atoms with Crippen molar-refractivity contribution in [3.63, 3.8) is 0 Å². The molecule has 9 heteroatoms. The van der Waals surface area contributed by atoms with Gasteiger partial charge in [-0.1, -0.05) is 27.7 Å². The number of nitrogens with one attached hydrogen (secondary N) is 1. The summed E-state index contributed by atoms with van der Waals surface area (Å²) in [5, 5.41) is 19.7. The van der Waals surface area contributed by atoms with Gasteiger partial charge in [0, 0.05) is 6.07 Å². The molecule has 1 fully saturated rings. The number of H-pyrrole nitrogens is 1. The third kappa shape index (κ3) is 3.99. The largest absolute Gasteiger partial charge is 0.365 e. The number of aromatic nitrogens is 4. The van der Waals surface area contributed by atoms with Gasteiger partial charge in [0.25, 0.3) is 0 Å². The fourth-order valence-corrected chi connectivity index (χ4v) is 1.97. The van der Waals surface area contributed by atoms with E-state index in [-0.39, 0.29) is 11.6 Å². The minimum Gasteiger partial charge on any atom is -0.258 e. The average Bonchev–Trinajstić information content (AvgIpc) is 3.33. The van der Waals surface area contributed by atoms with Crippen molar-refractivity contribution in [3.05, 3.63) is 44.1 Å². The van der Waals surface area contributed by atoms with Gasteiger partial charge in [0.15, 0.2) is 0 Å². The van der Waals surface area contributed by atoms with Crippen LogP contribution in [0.2, 0.25) is 0 Å². The quantitative estimate of drug-likeness (QED) is 0.689. The van der Waals surface area contributed by atoms with Gasteiger partial charge in [0.1, 0.15) is 0 Å². The second-order valence-corrected chi connectivity index (χ2v) is 4.31. The molecule has 126 valence electrons. The zero-order valence-electron chi connectivity index (χ0n) is 13.5. The van der Waals surface area contributed by atoms with Gasteiger partial charge in [-0.2, -0.15) is 9.07 Å². The van der Waals surface area contributed by atoms with Gasteiger partial charge < -0.3 is 0 Å². The van der Waals surface area contributed by atoms with Crippen LogP contribution in [-0.2, 0) is 0 Å². The lowest BCUT2D eigenvalue weighted by molar-refractivity contribution is -0.387. The highest BCUT2D eigenvalue weighted by atomic mass is 19.1. The van der Waals surface area contributed by atoms with Crippen LogP contribution in [0.25, 0.3) is 5.69 Å². The first kappa shape index (κ1) is 18.5. The average molecular weight is 325 g/mol. The predicted molar refractivity (Wildman–Crippen MR) is 83.3 cm³/mol. The molecule has 0 aliphatic heterocycles. The molecule has 2 aromatic rings. The Balaban J connectivity index is 0.000000615. The van der Waals surface area contributed by atoms with E-state index in [0.717, 1.165) is 29.7 Å². The van der Waals surface area contributed by atoms with Crippen LogP contribution in [0.4, 0.5) is 10.1 Å². The summed E-state index contributed by atoms with van der Waals surface area (Å²) in [5.41, 5.74) is -0.564. The molecule has 23 heavy (non-hydrogen) atoms. The van der Waals surface area contributed by atoms with Crippen molar-refractivity contribution in [2.24, 2.45) is 0 Å². The summed E-state index contributed by atoms with van der Waals surface area (Å²) in [6, 6.07) is 2.12. The predicted octanol–water partition coefficient (Wildman–Crippen LogP) is 2.93. The number of nitro groups is 1. The van der Waals surface area contributed by atoms with Gasteiger partial charge in [-0.15, -0.1) is 0 Å². The summed E-state index contributed by atoms with van der Waals surface area (Å²) in [6.45, 7) is 8.00. The van der Waals surface area contributed by atoms with Gasteiger partial charge >= 0.3 is 11.4 Å². The van der Waals surface area contributed by atoms with Crippen LogP contribution in [0.15, 0.2) is 16.9 Å². The molecule has 1 N–H and O–H groups in total. The zero-order valence-corrected chi connectivity index (χ0v) is 13.5. The third-order valence-corrected chi connectivity index (χ3v) is 3.01. The van der Waals surface area contributed by atoms with Crippen molar-refractivity contribution in [2.75, 3.05) is 0 Å². The molecule has 1 heterocycles. The Kier molecular flexibility index (Phi) is 6.55. The molecule has 1 saturated carbocycles. The van der Waals surface area contributed by atoms with E-state index in [1.54, 1.807) is 0 Å². The van der Waals surface area contributed by atoms with E-state index in [0.29, 0.717) is 5.56 Å². The minimum absolute atomic E-state index is 0.105. The van der Waals surface area contributed by atoms with Crippen molar-refractivity contribution in [1.29, 1.82) is 0 Å². The lowest BCUT2D eigenvalue weighted by Gasteiger charge is -2.07. The summed E-state index contributed by atoms with van der Waals surface area (Å²) in [7, 11) is 0. The van der Waals surface area contributed by atoms with Crippen LogP contribution < -0.4 is 5.69 Å². The van der Waals surface area contributed by atoms with Crippen LogP contribution in [0.1, 0.15) is 52.0 Å². The Bertz CT molecular complexity index is 721. The lowest BCUT2D eigenvalue weighted by Crippen LogP contribution is -2.18. The monoisotopic (exact) mass is 325 g/mol. The standard InChI is InChI=1S/C10H8FN5O3.2C2H6/c11-7-3-6(5-1-2-5)8(4-9(7)16(18)19)15-10(17)12-13-14-15;2*1-2/h3-5H,1-2H2,(H,12,14,17);2*1-2H3. The normalized spacial score (nSPS) is 12.6. The number of tetrazole rings is 1. The van der Waals surface area contributed by atoms with Crippen LogP contribution in [0.3, 0.4) is 0 Å². The van der Waals surface area contributed by atoms with E-state index in [9.17, 15) is 19.3 Å². The van der Waals surface area contributed by atoms with Gasteiger partial charge in [0.2, 0.25) is 5.82 Å². The molecule has 0 unspecified atom stereocenters. The van der Waals surface area contributed by atoms with Gasteiger partial charge in [-0.25, -0.2) is 9.89 Å². The van der Waals surface area contributed by atoms with Crippen molar-refractivity contribution in [3.8, 4) is 5.69 Å². The van der Waals surface area contributed by atoms with Crippen LogP contribution >= 0.6 is 0 Å². The Morgan fingerprint density at radius 3 is 2.35 bits per heavy atom. The number of halogens is 1. The smallest absolute Gasteiger partial charge is 0.258 e. The Morgan fingerprint density at radius 2 is 1.91 bits per heavy atom. The molecule has 0 radical (unpaired) electrons. The first-order valence-corrected chi connectivity index (χ1v) is 7.56. The van der Waals surface area contributed by atoms with Crippen molar-refractivity contribution in [1.82, 2.24) is 20.2 Å². The molecule has 8 nitrogen and oxygen atoms in total. The summed E-state index contributed by atoms with van der Waals surface area (Å²) < 4.78 is 14.5. The van der Waals surface area contributed by atoms with Crippen LogP contribution in [0.5, 0.6) is 0 Å². The summed E-state index contributed by atoms with van der Waals surface area (Å²) in [4.78, 5) is 21.4. The highest BCUT2D eigenvalue weighted by Gasteiger charge is 2.31. The number of nitro benzene ring substituents is 1. The summed E-state index contributed by atoms with van der Waals surface area (Å²) in [5.74, 6) is -0.805. The zero-order chi connectivity index (χ0) is 17.6. The van der Waals surface area contributed by atoms with Gasteiger partial charge in [-0.05, 0) is 40.8 Å². The molecule has 0 saturated heterocycles. The highest BCUT2D eigenvalue weighted by Crippen LogP contribution is 2.43. The van der Waals surface area contributed by atoms with Crippen molar-refractivity contribution in [2.45, 2.75) is 46.5 Å². The molecule has 1 aliphatic rings. The maximum absolute atomic E-state index is 13.6.